The summed E-state index contributed by atoms with van der Waals surface area (Å²) in [6, 6.07) is 17.0. The van der Waals surface area contributed by atoms with Crippen LogP contribution in [0.25, 0.3) is 22.2 Å². The van der Waals surface area contributed by atoms with Crippen LogP contribution in [-0.4, -0.2) is 69.9 Å². The maximum atomic E-state index is 14.3. The Balaban J connectivity index is 1.34. The van der Waals surface area contributed by atoms with Gasteiger partial charge in [0, 0.05) is 35.5 Å². The van der Waals surface area contributed by atoms with Gasteiger partial charge in [-0.05, 0) is 65.0 Å². The van der Waals surface area contributed by atoms with Crippen molar-refractivity contribution in [1.29, 1.82) is 0 Å². The second kappa shape index (κ2) is 13.4. The van der Waals surface area contributed by atoms with Gasteiger partial charge < -0.3 is 24.6 Å². The predicted molar refractivity (Wildman–Crippen MR) is 180 cm³/mol. The highest BCUT2D eigenvalue weighted by molar-refractivity contribution is 5.95. The summed E-state index contributed by atoms with van der Waals surface area (Å²) in [5, 5.41) is 14.9. The zero-order valence-corrected chi connectivity index (χ0v) is 28.1. The maximum Gasteiger partial charge on any atom is 0.426 e. The number of carbonyl (C=O) groups excluding carboxylic acids is 3. The van der Waals surface area contributed by atoms with Crippen molar-refractivity contribution in [3.05, 3.63) is 66.7 Å². The molecule has 12 nitrogen and oxygen atoms in total. The second-order valence-corrected chi connectivity index (χ2v) is 13.9. The Kier molecular flexibility index (Phi) is 9.24. The molecule has 2 fully saturated rings. The molecule has 0 saturated heterocycles. The van der Waals surface area contributed by atoms with Gasteiger partial charge in [0.15, 0.2) is 0 Å². The highest BCUT2D eigenvalue weighted by Crippen LogP contribution is 2.47. The van der Waals surface area contributed by atoms with E-state index in [4.69, 9.17) is 19.2 Å². The molecule has 1 aromatic heterocycles. The molecule has 49 heavy (non-hydrogen) atoms. The molecule has 3 amide bonds. The minimum Gasteiger partial charge on any atom is -0.497 e. The standard InChI is InChI=1S/C37H42N4O8/c1-36(2,3)49-35(46)40-41-16-10-6-9-13-23-21-37(23,34(44)45)39-32(42)27-17-25(18-28(27)33(41)43)48-31-20-29(22-11-7-5-8-12-22)38-30-19-24(47-4)14-15-26(30)31/h5,7-9,11-15,19-20,23,25,27-28H,6,10,16-18,21H2,1-4H3,(H,39,42)(H,40,46)(H,44,45)/b13-9-/t23-,25-,27-,28-,37-/m1/s1. The van der Waals surface area contributed by atoms with Crippen molar-refractivity contribution in [3.63, 3.8) is 0 Å². The lowest BCUT2D eigenvalue weighted by Crippen LogP contribution is -2.53. The highest BCUT2D eigenvalue weighted by Gasteiger charge is 2.61. The summed E-state index contributed by atoms with van der Waals surface area (Å²) >= 11 is 0. The third kappa shape index (κ3) is 7.33. The van der Waals surface area contributed by atoms with E-state index in [1.165, 1.54) is 5.01 Å². The Hall–Kier alpha value is -5.13. The number of hydrogen-bond donors (Lipinski definition) is 3. The fourth-order valence-electron chi connectivity index (χ4n) is 6.72. The molecule has 2 saturated carbocycles. The van der Waals surface area contributed by atoms with Gasteiger partial charge in [-0.15, -0.1) is 0 Å². The minimum atomic E-state index is -1.42. The number of fused-ring (bicyclic) bond motifs is 3. The van der Waals surface area contributed by atoms with Crippen molar-refractivity contribution in [1.82, 2.24) is 20.7 Å². The van der Waals surface area contributed by atoms with Gasteiger partial charge in [0.1, 0.15) is 28.7 Å². The summed E-state index contributed by atoms with van der Waals surface area (Å²) in [6.45, 7) is 5.35. The van der Waals surface area contributed by atoms with E-state index in [1.54, 1.807) is 27.9 Å². The molecule has 6 rings (SSSR count). The van der Waals surface area contributed by atoms with Crippen LogP contribution in [0.2, 0.25) is 0 Å². The zero-order valence-electron chi connectivity index (χ0n) is 28.1. The van der Waals surface area contributed by atoms with Crippen LogP contribution >= 0.6 is 0 Å². The fraction of sp³-hybridized carbons (Fsp3) is 0.432. The first-order valence-electron chi connectivity index (χ1n) is 16.6. The molecule has 3 N–H and O–H groups in total. The predicted octanol–water partition coefficient (Wildman–Crippen LogP) is 5.26. The number of aromatic nitrogens is 1. The Labute approximate surface area is 284 Å². The van der Waals surface area contributed by atoms with Crippen molar-refractivity contribution in [2.24, 2.45) is 17.8 Å². The third-order valence-corrected chi connectivity index (χ3v) is 9.27. The van der Waals surface area contributed by atoms with Gasteiger partial charge in [-0.25, -0.2) is 20.0 Å². The van der Waals surface area contributed by atoms with E-state index in [2.05, 4.69) is 10.7 Å². The summed E-state index contributed by atoms with van der Waals surface area (Å²) in [6.07, 6.45) is 3.92. The number of methoxy groups -OCH3 is 1. The van der Waals surface area contributed by atoms with E-state index in [0.29, 0.717) is 35.6 Å². The molecule has 2 heterocycles. The van der Waals surface area contributed by atoms with E-state index in [-0.39, 0.29) is 31.7 Å². The fourth-order valence-corrected chi connectivity index (χ4v) is 6.72. The van der Waals surface area contributed by atoms with Crippen LogP contribution < -0.4 is 20.2 Å². The van der Waals surface area contributed by atoms with Crippen LogP contribution in [0.5, 0.6) is 11.5 Å². The van der Waals surface area contributed by atoms with Gasteiger partial charge in [0.25, 0.3) is 0 Å². The molecule has 0 bridgehead atoms. The number of amides is 3. The molecule has 3 aliphatic rings. The zero-order chi connectivity index (χ0) is 34.9. The van der Waals surface area contributed by atoms with E-state index in [0.717, 1.165) is 10.9 Å². The highest BCUT2D eigenvalue weighted by atomic mass is 16.6. The Morgan fingerprint density at radius 3 is 2.53 bits per heavy atom. The lowest BCUT2D eigenvalue weighted by Gasteiger charge is -2.29. The van der Waals surface area contributed by atoms with E-state index >= 15 is 0 Å². The van der Waals surface area contributed by atoms with Crippen LogP contribution in [-0.2, 0) is 19.1 Å². The number of rotatable bonds is 6. The number of pyridine rings is 1. The molecular weight excluding hydrogens is 628 g/mol. The van der Waals surface area contributed by atoms with Crippen LogP contribution in [0.3, 0.4) is 0 Å². The third-order valence-electron chi connectivity index (χ3n) is 9.27. The van der Waals surface area contributed by atoms with Gasteiger partial charge in [-0.1, -0.05) is 42.5 Å². The quantitative estimate of drug-likeness (QED) is 0.298. The first kappa shape index (κ1) is 33.8. The number of carboxylic acids is 1. The number of hydrogen-bond acceptors (Lipinski definition) is 8. The summed E-state index contributed by atoms with van der Waals surface area (Å²) in [5.41, 5.74) is 2.59. The van der Waals surface area contributed by atoms with Crippen molar-refractivity contribution in [2.75, 3.05) is 13.7 Å². The van der Waals surface area contributed by atoms with Crippen molar-refractivity contribution in [2.45, 2.75) is 70.1 Å². The first-order valence-corrected chi connectivity index (χ1v) is 16.6. The number of benzene rings is 2. The van der Waals surface area contributed by atoms with Crippen LogP contribution in [0.4, 0.5) is 4.79 Å². The summed E-state index contributed by atoms with van der Waals surface area (Å²) in [7, 11) is 1.58. The van der Waals surface area contributed by atoms with Gasteiger partial charge in [-0.3, -0.25) is 14.6 Å². The van der Waals surface area contributed by atoms with Crippen molar-refractivity contribution < 1.29 is 38.5 Å². The molecule has 0 radical (unpaired) electrons. The number of carboxylic acid groups (broad SMARTS) is 1. The Morgan fingerprint density at radius 2 is 1.82 bits per heavy atom. The first-order chi connectivity index (χ1) is 23.4. The van der Waals surface area contributed by atoms with E-state index in [1.807, 2.05) is 66.7 Å². The Morgan fingerprint density at radius 1 is 1.06 bits per heavy atom. The molecule has 2 aromatic carbocycles. The Bertz CT molecular complexity index is 1790. The average molecular weight is 671 g/mol. The van der Waals surface area contributed by atoms with E-state index in [9.17, 15) is 24.3 Å². The number of ether oxygens (including phenoxy) is 3. The average Bonchev–Trinajstić information content (AvgIpc) is 3.59. The summed E-state index contributed by atoms with van der Waals surface area (Å²) in [4.78, 5) is 58.3. The SMILES string of the molecule is COc1ccc2c(O[C@@H]3C[C@H]4C(=O)N[C@]5(C(=O)O)C[C@H]5/C=C\CCCN(NC(=O)OC(C)(C)C)C(=O)[C@@H]4C3)cc(-c3ccccc3)nc2c1. The molecule has 2 aliphatic carbocycles. The monoisotopic (exact) mass is 670 g/mol. The molecule has 258 valence electrons. The molecular formula is C37H42N4O8. The number of allylic oxidation sites excluding steroid dienone is 1. The maximum absolute atomic E-state index is 14.3. The molecule has 12 heteroatoms. The van der Waals surface area contributed by atoms with Crippen LogP contribution in [0, 0.1) is 17.8 Å². The summed E-state index contributed by atoms with van der Waals surface area (Å²) < 4.78 is 17.5. The second-order valence-electron chi connectivity index (χ2n) is 13.9. The normalized spacial score (nSPS) is 26.2. The number of nitrogens with one attached hydrogen (secondary N) is 2. The summed E-state index contributed by atoms with van der Waals surface area (Å²) in [5.74, 6) is -3.13. The number of carbonyl (C=O) groups is 4. The topological polar surface area (TPSA) is 156 Å². The molecule has 0 spiro atoms. The van der Waals surface area contributed by atoms with Crippen LogP contribution in [0.15, 0.2) is 66.7 Å². The number of nitrogens with zero attached hydrogens (tertiary/aromatic N) is 2. The lowest BCUT2D eigenvalue weighted by molar-refractivity contribution is -0.146. The molecule has 5 atom stereocenters. The molecule has 3 aromatic rings. The largest absolute Gasteiger partial charge is 0.497 e. The van der Waals surface area contributed by atoms with Gasteiger partial charge in [0.05, 0.1) is 30.2 Å². The molecule has 1 aliphatic heterocycles. The minimum absolute atomic E-state index is 0.152. The molecule has 0 unspecified atom stereocenters. The van der Waals surface area contributed by atoms with Gasteiger partial charge >= 0.3 is 12.1 Å². The van der Waals surface area contributed by atoms with Crippen molar-refractivity contribution >= 4 is 34.8 Å². The van der Waals surface area contributed by atoms with Gasteiger partial charge in [0.2, 0.25) is 11.8 Å². The van der Waals surface area contributed by atoms with Gasteiger partial charge in [-0.2, -0.15) is 0 Å². The number of aliphatic carboxylic acids is 1. The van der Waals surface area contributed by atoms with Crippen LogP contribution in [0.1, 0.15) is 52.9 Å². The number of hydrazine groups is 1. The smallest absolute Gasteiger partial charge is 0.426 e. The van der Waals surface area contributed by atoms with Crippen molar-refractivity contribution in [3.8, 4) is 22.8 Å². The lowest BCUT2D eigenvalue weighted by atomic mass is 9.93. The van der Waals surface area contributed by atoms with E-state index < -0.39 is 53.0 Å².